The quantitative estimate of drug-likeness (QED) is 0.0263. The molecule has 13 N–H and O–H groups in total. The van der Waals surface area contributed by atoms with Crippen molar-refractivity contribution in [2.24, 2.45) is 56.2 Å². The van der Waals surface area contributed by atoms with Gasteiger partial charge in [0.25, 0.3) is 0 Å². The molecule has 0 saturated heterocycles. The zero-order valence-corrected chi connectivity index (χ0v) is 39.1. The van der Waals surface area contributed by atoms with Crippen molar-refractivity contribution in [3.8, 4) is 22.3 Å². The molecule has 13 heteroatoms. The van der Waals surface area contributed by atoms with E-state index < -0.39 is 35.7 Å². The van der Waals surface area contributed by atoms with E-state index in [0.717, 1.165) is 33.4 Å². The largest absolute Gasteiger partial charge is 0.370 e. The Balaban J connectivity index is 1.55. The van der Waals surface area contributed by atoms with Crippen LogP contribution in [0, 0.1) is 11.8 Å². The van der Waals surface area contributed by atoms with Gasteiger partial charge in [-0.1, -0.05) is 139 Å². The third-order valence-electron chi connectivity index (χ3n) is 11.7. The molecule has 0 saturated carbocycles. The van der Waals surface area contributed by atoms with Crippen LogP contribution in [0.5, 0.6) is 0 Å². The number of ketones is 2. The van der Waals surface area contributed by atoms with Crippen molar-refractivity contribution in [1.82, 2.24) is 5.32 Å². The fraction of sp³-hybridized carbons (Fsp3) is 0.423. The summed E-state index contributed by atoms with van der Waals surface area (Å²) in [6.07, 6.45) is 1.38. The number of nitrogens with one attached hydrogen (secondary N) is 1. The third-order valence-corrected chi connectivity index (χ3v) is 11.7. The van der Waals surface area contributed by atoms with E-state index in [1.807, 2.05) is 66.7 Å². The first-order chi connectivity index (χ1) is 30.6. The highest BCUT2D eigenvalue weighted by Gasteiger charge is 2.31. The Hall–Kier alpha value is -6.34. The van der Waals surface area contributed by atoms with E-state index in [1.165, 1.54) is 11.1 Å². The molecule has 4 rings (SSSR count). The van der Waals surface area contributed by atoms with Crippen LogP contribution in [0.2, 0.25) is 0 Å². The Morgan fingerprint density at radius 1 is 0.554 bits per heavy atom. The first-order valence-electron chi connectivity index (χ1n) is 22.5. The smallest absolute Gasteiger partial charge is 0.224 e. The van der Waals surface area contributed by atoms with Gasteiger partial charge in [-0.25, -0.2) is 0 Å². The fourth-order valence-corrected chi connectivity index (χ4v) is 7.64. The van der Waals surface area contributed by atoms with Gasteiger partial charge in [0.2, 0.25) is 11.8 Å². The zero-order chi connectivity index (χ0) is 47.9. The summed E-state index contributed by atoms with van der Waals surface area (Å²) >= 11 is 0. The molecular weight excluding hydrogens is 815 g/mol. The highest BCUT2D eigenvalue weighted by molar-refractivity contribution is 5.94. The number of carbonyl (C=O) groups excluding carboxylic acids is 4. The van der Waals surface area contributed by atoms with Crippen molar-refractivity contribution in [3.05, 3.63) is 119 Å². The lowest BCUT2D eigenvalue weighted by Gasteiger charge is -2.26. The molecule has 0 spiro atoms. The van der Waals surface area contributed by atoms with Gasteiger partial charge in [0.1, 0.15) is 0 Å². The fourth-order valence-electron chi connectivity index (χ4n) is 7.64. The summed E-state index contributed by atoms with van der Waals surface area (Å²) in [6, 6.07) is 30.5. The first kappa shape index (κ1) is 51.3. The van der Waals surface area contributed by atoms with Gasteiger partial charge in [0.05, 0.1) is 12.1 Å². The molecule has 0 aromatic heterocycles. The topological polar surface area (TPSA) is 261 Å². The summed E-state index contributed by atoms with van der Waals surface area (Å²) in [5, 5.41) is 2.96. The third kappa shape index (κ3) is 16.6. The van der Waals surface area contributed by atoms with Crippen molar-refractivity contribution in [3.63, 3.8) is 0 Å². The number of carbonyl (C=O) groups is 4. The second-order valence-electron chi connectivity index (χ2n) is 19.2. The molecule has 348 valence electrons. The van der Waals surface area contributed by atoms with Gasteiger partial charge >= 0.3 is 0 Å². The molecule has 0 fully saturated rings. The van der Waals surface area contributed by atoms with Crippen LogP contribution >= 0.6 is 0 Å². The molecule has 4 aromatic rings. The molecule has 0 unspecified atom stereocenters. The number of Topliss-reactive ketones (excluding diaryl/α,β-unsaturated/α-hetero) is 2. The normalized spacial score (nSPS) is 13.5. The number of hydrogen-bond acceptors (Lipinski definition) is 7. The maximum atomic E-state index is 14.3. The maximum Gasteiger partial charge on any atom is 0.224 e. The van der Waals surface area contributed by atoms with E-state index in [-0.39, 0.29) is 85.9 Å². The Morgan fingerprint density at radius 3 is 1.48 bits per heavy atom. The minimum Gasteiger partial charge on any atom is -0.370 e. The van der Waals surface area contributed by atoms with Crippen LogP contribution in [0.1, 0.15) is 102 Å². The number of benzene rings is 4. The zero-order valence-electron chi connectivity index (χ0n) is 39.1. The molecule has 0 aliphatic heterocycles. The summed E-state index contributed by atoms with van der Waals surface area (Å²) in [5.41, 5.74) is 42.7. The van der Waals surface area contributed by atoms with Gasteiger partial charge in [-0.2, -0.15) is 0 Å². The lowest BCUT2D eigenvalue weighted by molar-refractivity contribution is -0.134. The summed E-state index contributed by atoms with van der Waals surface area (Å²) in [4.78, 5) is 62.9. The number of hydrogen-bond donors (Lipinski definition) is 7. The van der Waals surface area contributed by atoms with Crippen LogP contribution in [0.15, 0.2) is 107 Å². The van der Waals surface area contributed by atoms with Crippen LogP contribution in [0.25, 0.3) is 22.3 Å². The number of nitrogens with zero attached hydrogens (tertiary/aromatic N) is 2. The lowest BCUT2D eigenvalue weighted by Crippen LogP contribution is -2.47. The number of nitrogens with two attached hydrogens (primary N) is 6. The highest BCUT2D eigenvalue weighted by atomic mass is 16.2. The van der Waals surface area contributed by atoms with Crippen molar-refractivity contribution < 1.29 is 19.2 Å². The van der Waals surface area contributed by atoms with E-state index in [1.54, 1.807) is 0 Å². The van der Waals surface area contributed by atoms with Gasteiger partial charge in [0.15, 0.2) is 23.5 Å². The molecule has 0 aliphatic rings. The monoisotopic (exact) mass is 886 g/mol. The van der Waals surface area contributed by atoms with Gasteiger partial charge in [0, 0.05) is 37.8 Å². The Labute approximate surface area is 385 Å². The van der Waals surface area contributed by atoms with Gasteiger partial charge in [-0.05, 0) is 93.9 Å². The average molecular weight is 886 g/mol. The molecule has 65 heavy (non-hydrogen) atoms. The number of aliphatic imine (C=N–C) groups is 2. The molecule has 4 aromatic carbocycles. The van der Waals surface area contributed by atoms with E-state index in [2.05, 4.69) is 87.2 Å². The second kappa shape index (κ2) is 23.5. The number of rotatable bonds is 23. The van der Waals surface area contributed by atoms with E-state index in [0.29, 0.717) is 12.8 Å². The van der Waals surface area contributed by atoms with E-state index >= 15 is 0 Å². The average Bonchev–Trinajstić information content (AvgIpc) is 3.25. The van der Waals surface area contributed by atoms with Gasteiger partial charge in [-0.3, -0.25) is 29.2 Å². The van der Waals surface area contributed by atoms with Crippen LogP contribution in [-0.2, 0) is 42.8 Å². The number of guanidine groups is 2. The number of amides is 2. The molecule has 13 nitrogen and oxygen atoms in total. The van der Waals surface area contributed by atoms with Crippen LogP contribution in [0.4, 0.5) is 0 Å². The SMILES string of the molecule is CC(C)(C)c1cc(-c2ccc(C[C@H](N)C(=O)C[C@@H](CCCN=C(N)N)C(=O)N[C@@H](Cc3ccc(-c4ccccc4)cc3)C(=O)C[C@@H](CCCN=C(N)N)C(N)=O)cc2)cc(C(C)(C)C)c1. The summed E-state index contributed by atoms with van der Waals surface area (Å²) in [5.74, 6) is -3.62. The second-order valence-corrected chi connectivity index (χ2v) is 19.2. The molecule has 0 heterocycles. The molecular formula is C52H71N9O4. The Bertz CT molecular complexity index is 2240. The van der Waals surface area contributed by atoms with Crippen molar-refractivity contribution in [2.75, 3.05) is 13.1 Å². The minimum atomic E-state index is -1.03. The van der Waals surface area contributed by atoms with Crippen LogP contribution in [0.3, 0.4) is 0 Å². The molecule has 0 radical (unpaired) electrons. The Morgan fingerprint density at radius 2 is 1.00 bits per heavy atom. The summed E-state index contributed by atoms with van der Waals surface area (Å²) < 4.78 is 0. The molecule has 2 amide bonds. The summed E-state index contributed by atoms with van der Waals surface area (Å²) in [7, 11) is 0. The lowest BCUT2D eigenvalue weighted by atomic mass is 9.79. The molecule has 4 atom stereocenters. The highest BCUT2D eigenvalue weighted by Crippen LogP contribution is 2.34. The Kier molecular flexibility index (Phi) is 18.6. The molecule has 0 bridgehead atoms. The van der Waals surface area contributed by atoms with Gasteiger partial charge in [-0.15, -0.1) is 0 Å². The minimum absolute atomic E-state index is 0.0287. The predicted molar refractivity (Wildman–Crippen MR) is 264 cm³/mol. The van der Waals surface area contributed by atoms with E-state index in [4.69, 9.17) is 34.4 Å². The van der Waals surface area contributed by atoms with E-state index in [9.17, 15) is 19.2 Å². The van der Waals surface area contributed by atoms with Crippen molar-refractivity contribution in [1.29, 1.82) is 0 Å². The molecule has 0 aliphatic carbocycles. The number of primary amides is 1. The summed E-state index contributed by atoms with van der Waals surface area (Å²) in [6.45, 7) is 13.8. The van der Waals surface area contributed by atoms with Crippen molar-refractivity contribution >= 4 is 35.3 Å². The maximum absolute atomic E-state index is 14.3. The van der Waals surface area contributed by atoms with Crippen molar-refractivity contribution in [2.45, 2.75) is 116 Å². The standard InChI is InChI=1S/C52H71N9O4/c1-51(2,3)41-28-40(29-42(32-41)52(4,5)6)37-22-16-33(17-23-37)26-43(53)45(62)31-39(15-11-25-60-50(57)58)48(65)61-44(46(63)30-38(47(54)64)14-10-24-59-49(55)56)27-34-18-20-36(21-19-34)35-12-8-7-9-13-35/h7-9,12-13,16-23,28-29,32,38-39,43-44H,10-11,14-15,24-27,30-31,53H2,1-6H3,(H2,54,64)(H,61,65)(H4,55,56,59)(H4,57,58,60)/t38-,39-,43+,44+/m1/s1. The first-order valence-corrected chi connectivity index (χ1v) is 22.5. The van der Waals surface area contributed by atoms with Gasteiger partial charge < -0.3 is 39.7 Å². The van der Waals surface area contributed by atoms with Crippen LogP contribution in [-0.4, -0.2) is 60.5 Å². The predicted octanol–water partition coefficient (Wildman–Crippen LogP) is 5.96. The van der Waals surface area contributed by atoms with Crippen LogP contribution < -0.4 is 39.7 Å².